The summed E-state index contributed by atoms with van der Waals surface area (Å²) < 4.78 is 4.57. The van der Waals surface area contributed by atoms with Crippen LogP contribution in [0.3, 0.4) is 0 Å². The third-order valence-corrected chi connectivity index (χ3v) is 1.11. The van der Waals surface area contributed by atoms with Gasteiger partial charge < -0.3 is 15.4 Å². The number of likely N-dealkylation sites (N-methyl/N-ethyl adjacent to an activating group) is 1. The summed E-state index contributed by atoms with van der Waals surface area (Å²) in [5, 5.41) is 0. The zero-order chi connectivity index (χ0) is 8.85. The van der Waals surface area contributed by atoms with E-state index in [1.807, 2.05) is 0 Å². The van der Waals surface area contributed by atoms with Gasteiger partial charge in [-0.1, -0.05) is 0 Å². The first-order valence-electron chi connectivity index (χ1n) is 3.18. The topological polar surface area (TPSA) is 72.6 Å². The molecule has 5 nitrogen and oxygen atoms in total. The third kappa shape index (κ3) is 5.20. The highest BCUT2D eigenvalue weighted by molar-refractivity contribution is 5.71. The average molecular weight is 160 g/mol. The van der Waals surface area contributed by atoms with Crippen molar-refractivity contribution in [2.24, 2.45) is 5.73 Å². The lowest BCUT2D eigenvalue weighted by Crippen LogP contribution is -2.34. The second kappa shape index (κ2) is 4.54. The average Bonchev–Trinajstić information content (AvgIpc) is 1.86. The molecule has 64 valence electrons. The second-order valence-electron chi connectivity index (χ2n) is 2.10. The molecule has 0 aromatic heterocycles. The number of ether oxygens (including phenoxy) is 1. The zero-order valence-electron chi connectivity index (χ0n) is 6.66. The highest BCUT2D eigenvalue weighted by atomic mass is 16.5. The SMILES string of the molecule is CC(=O)OCCN(C)C(N)=O. The van der Waals surface area contributed by atoms with E-state index in [2.05, 4.69) is 4.74 Å². The predicted molar refractivity (Wildman–Crippen MR) is 38.8 cm³/mol. The molecule has 0 bridgehead atoms. The summed E-state index contributed by atoms with van der Waals surface area (Å²) in [5.74, 6) is -0.358. The predicted octanol–water partition coefficient (Wildman–Crippen LogP) is -0.440. The smallest absolute Gasteiger partial charge is 0.314 e. The molecule has 0 aliphatic carbocycles. The quantitative estimate of drug-likeness (QED) is 0.569. The number of carbonyl (C=O) groups is 2. The van der Waals surface area contributed by atoms with Gasteiger partial charge in [0.15, 0.2) is 0 Å². The molecule has 11 heavy (non-hydrogen) atoms. The highest BCUT2D eigenvalue weighted by Gasteiger charge is 2.02. The van der Waals surface area contributed by atoms with Gasteiger partial charge in [-0.2, -0.15) is 0 Å². The molecule has 0 saturated carbocycles. The standard InChI is InChI=1S/C6H12N2O3/c1-5(9)11-4-3-8(2)6(7)10/h3-4H2,1-2H3,(H2,7,10). The summed E-state index contributed by atoms with van der Waals surface area (Å²) in [6, 6.07) is -0.530. The number of hydrogen-bond donors (Lipinski definition) is 1. The lowest BCUT2D eigenvalue weighted by atomic mass is 10.6. The molecule has 0 radical (unpaired) electrons. The van der Waals surface area contributed by atoms with E-state index in [1.165, 1.54) is 18.9 Å². The molecular weight excluding hydrogens is 148 g/mol. The maximum Gasteiger partial charge on any atom is 0.314 e. The van der Waals surface area contributed by atoms with Crippen molar-refractivity contribution in [2.45, 2.75) is 6.92 Å². The van der Waals surface area contributed by atoms with E-state index in [0.29, 0.717) is 6.54 Å². The highest BCUT2D eigenvalue weighted by Crippen LogP contribution is 1.82. The minimum Gasteiger partial charge on any atom is -0.464 e. The molecule has 0 aromatic carbocycles. The summed E-state index contributed by atoms with van der Waals surface area (Å²) in [6.07, 6.45) is 0. The van der Waals surface area contributed by atoms with Crippen LogP contribution in [0.2, 0.25) is 0 Å². The lowest BCUT2D eigenvalue weighted by molar-refractivity contribution is -0.141. The molecule has 0 spiro atoms. The van der Waals surface area contributed by atoms with Gasteiger partial charge in [-0.05, 0) is 0 Å². The molecule has 0 aromatic rings. The Morgan fingerprint density at radius 1 is 1.55 bits per heavy atom. The van der Waals surface area contributed by atoms with Gasteiger partial charge >= 0.3 is 12.0 Å². The number of primary amides is 1. The van der Waals surface area contributed by atoms with Crippen LogP contribution in [-0.2, 0) is 9.53 Å². The van der Waals surface area contributed by atoms with Crippen LogP contribution in [-0.4, -0.2) is 37.1 Å². The van der Waals surface area contributed by atoms with E-state index in [0.717, 1.165) is 0 Å². The molecule has 0 heterocycles. The maximum atomic E-state index is 10.4. The molecule has 0 aliphatic rings. The van der Waals surface area contributed by atoms with Crippen molar-refractivity contribution in [1.29, 1.82) is 0 Å². The Morgan fingerprint density at radius 2 is 2.09 bits per heavy atom. The van der Waals surface area contributed by atoms with Crippen LogP contribution in [0.5, 0.6) is 0 Å². The first-order chi connectivity index (χ1) is 5.04. The molecule has 0 saturated heterocycles. The number of nitrogens with zero attached hydrogens (tertiary/aromatic N) is 1. The summed E-state index contributed by atoms with van der Waals surface area (Å²) in [7, 11) is 1.53. The van der Waals surface area contributed by atoms with Gasteiger partial charge in [0.1, 0.15) is 6.61 Å². The molecule has 0 atom stereocenters. The fourth-order valence-corrected chi connectivity index (χ4v) is 0.436. The molecule has 2 amide bonds. The van der Waals surface area contributed by atoms with Crippen LogP contribution in [0.4, 0.5) is 4.79 Å². The molecule has 0 rings (SSSR count). The minimum absolute atomic E-state index is 0.189. The number of rotatable bonds is 3. The van der Waals surface area contributed by atoms with Crippen LogP contribution in [0, 0.1) is 0 Å². The Morgan fingerprint density at radius 3 is 2.45 bits per heavy atom. The lowest BCUT2D eigenvalue weighted by Gasteiger charge is -2.12. The fourth-order valence-electron chi connectivity index (χ4n) is 0.436. The van der Waals surface area contributed by atoms with Crippen molar-refractivity contribution in [3.05, 3.63) is 0 Å². The monoisotopic (exact) mass is 160 g/mol. The number of amides is 2. The minimum atomic E-state index is -0.530. The first-order valence-corrected chi connectivity index (χ1v) is 3.18. The van der Waals surface area contributed by atoms with Crippen molar-refractivity contribution < 1.29 is 14.3 Å². The zero-order valence-corrected chi connectivity index (χ0v) is 6.66. The number of urea groups is 1. The Bertz CT molecular complexity index is 158. The van der Waals surface area contributed by atoms with Crippen LogP contribution >= 0.6 is 0 Å². The van der Waals surface area contributed by atoms with Crippen molar-refractivity contribution in [1.82, 2.24) is 4.90 Å². The maximum absolute atomic E-state index is 10.4. The Hall–Kier alpha value is -1.26. The molecule has 2 N–H and O–H groups in total. The van der Waals surface area contributed by atoms with Gasteiger partial charge in [0.2, 0.25) is 0 Å². The number of carbonyl (C=O) groups excluding carboxylic acids is 2. The number of esters is 1. The summed E-state index contributed by atoms with van der Waals surface area (Å²) in [4.78, 5) is 21.9. The Balaban J connectivity index is 3.39. The van der Waals surface area contributed by atoms with Crippen molar-refractivity contribution in [3.63, 3.8) is 0 Å². The first kappa shape index (κ1) is 9.74. The second-order valence-corrected chi connectivity index (χ2v) is 2.10. The van der Waals surface area contributed by atoms with Gasteiger partial charge in [-0.3, -0.25) is 4.79 Å². The van der Waals surface area contributed by atoms with Crippen molar-refractivity contribution in [3.8, 4) is 0 Å². The van der Waals surface area contributed by atoms with Gasteiger partial charge in [0, 0.05) is 14.0 Å². The van der Waals surface area contributed by atoms with Crippen molar-refractivity contribution in [2.75, 3.05) is 20.2 Å². The molecule has 0 unspecified atom stereocenters. The Kier molecular flexibility index (Phi) is 4.02. The largest absolute Gasteiger partial charge is 0.464 e. The van der Waals surface area contributed by atoms with Crippen LogP contribution in [0.25, 0.3) is 0 Å². The fraction of sp³-hybridized carbons (Fsp3) is 0.667. The van der Waals surface area contributed by atoms with Gasteiger partial charge in [-0.15, -0.1) is 0 Å². The van der Waals surface area contributed by atoms with Crippen molar-refractivity contribution >= 4 is 12.0 Å². The molecular formula is C6H12N2O3. The van der Waals surface area contributed by atoms with E-state index in [1.54, 1.807) is 0 Å². The summed E-state index contributed by atoms with van der Waals surface area (Å²) in [6.45, 7) is 1.83. The van der Waals surface area contributed by atoms with E-state index >= 15 is 0 Å². The molecule has 0 aliphatic heterocycles. The van der Waals surface area contributed by atoms with Gasteiger partial charge in [-0.25, -0.2) is 4.79 Å². The van der Waals surface area contributed by atoms with E-state index < -0.39 is 6.03 Å². The molecule has 0 fully saturated rings. The molecule has 5 heteroatoms. The van der Waals surface area contributed by atoms with E-state index in [9.17, 15) is 9.59 Å². The van der Waals surface area contributed by atoms with E-state index in [4.69, 9.17) is 5.73 Å². The van der Waals surface area contributed by atoms with E-state index in [-0.39, 0.29) is 12.6 Å². The van der Waals surface area contributed by atoms with Crippen LogP contribution in [0.15, 0.2) is 0 Å². The normalized spacial score (nSPS) is 8.91. The van der Waals surface area contributed by atoms with Crippen LogP contribution in [0.1, 0.15) is 6.92 Å². The van der Waals surface area contributed by atoms with Gasteiger partial charge in [0.05, 0.1) is 6.54 Å². The summed E-state index contributed by atoms with van der Waals surface area (Å²) in [5.41, 5.74) is 4.90. The summed E-state index contributed by atoms with van der Waals surface area (Å²) >= 11 is 0. The number of nitrogens with two attached hydrogens (primary N) is 1. The van der Waals surface area contributed by atoms with Crippen LogP contribution < -0.4 is 5.73 Å². The number of hydrogen-bond acceptors (Lipinski definition) is 3. The Labute approximate surface area is 65.1 Å². The van der Waals surface area contributed by atoms with Gasteiger partial charge in [0.25, 0.3) is 0 Å². The third-order valence-electron chi connectivity index (χ3n) is 1.11.